The highest BCUT2D eigenvalue weighted by Crippen LogP contribution is 2.30. The number of rotatable bonds is 5. The average Bonchev–Trinajstić information content (AvgIpc) is 3.06. The van der Waals surface area contributed by atoms with Gasteiger partial charge in [0.25, 0.3) is 0 Å². The first-order chi connectivity index (χ1) is 14.0. The molecule has 0 aliphatic carbocycles. The smallest absolute Gasteiger partial charge is 0.332 e. The maximum absolute atomic E-state index is 13.6. The lowest BCUT2D eigenvalue weighted by atomic mass is 10.1. The van der Waals surface area contributed by atoms with Crippen LogP contribution >= 0.6 is 11.6 Å². The molecule has 0 fully saturated rings. The van der Waals surface area contributed by atoms with E-state index < -0.39 is 11.5 Å². The Hall–Kier alpha value is -3.38. The minimum absolute atomic E-state index is 0.0977. The number of benzene rings is 3. The number of hydrogen-bond acceptors (Lipinski definition) is 2. The Kier molecular flexibility index (Phi) is 5.18. The largest absolute Gasteiger partial charge is 0.366 e. The van der Waals surface area contributed by atoms with Crippen molar-refractivity contribution >= 4 is 17.4 Å². The quantitative estimate of drug-likeness (QED) is 0.463. The van der Waals surface area contributed by atoms with E-state index in [1.807, 2.05) is 30.3 Å². The fourth-order valence-corrected chi connectivity index (χ4v) is 3.28. The van der Waals surface area contributed by atoms with Crippen molar-refractivity contribution in [1.82, 2.24) is 9.55 Å². The molecule has 0 aliphatic heterocycles. The highest BCUT2D eigenvalue weighted by molar-refractivity contribution is 6.30. The van der Waals surface area contributed by atoms with E-state index in [0.29, 0.717) is 29.3 Å². The predicted octanol–water partition coefficient (Wildman–Crippen LogP) is 5.38. The van der Waals surface area contributed by atoms with Gasteiger partial charge in [0.15, 0.2) is 0 Å². The molecule has 4 aromatic rings. The van der Waals surface area contributed by atoms with Crippen molar-refractivity contribution in [2.45, 2.75) is 6.54 Å². The molecule has 4 nitrogen and oxygen atoms in total. The van der Waals surface area contributed by atoms with Gasteiger partial charge in [-0.2, -0.15) is 0 Å². The third-order valence-electron chi connectivity index (χ3n) is 4.49. The molecule has 2 N–H and O–H groups in total. The second kappa shape index (κ2) is 7.93. The summed E-state index contributed by atoms with van der Waals surface area (Å²) in [6.07, 6.45) is 0. The van der Waals surface area contributed by atoms with Crippen molar-refractivity contribution in [3.8, 4) is 16.9 Å². The third-order valence-corrected chi connectivity index (χ3v) is 4.78. The predicted molar refractivity (Wildman–Crippen MR) is 111 cm³/mol. The van der Waals surface area contributed by atoms with Gasteiger partial charge in [0.2, 0.25) is 0 Å². The monoisotopic (exact) mass is 411 g/mol. The first kappa shape index (κ1) is 19.0. The molecule has 146 valence electrons. The molecule has 0 saturated heterocycles. The minimum atomic E-state index is -0.579. The third kappa shape index (κ3) is 3.93. The van der Waals surface area contributed by atoms with E-state index in [1.165, 1.54) is 34.9 Å². The fraction of sp³-hybridized carbons (Fsp3) is 0.0455. The number of H-pyrrole nitrogens is 1. The molecule has 0 radical (unpaired) electrons. The Labute approximate surface area is 170 Å². The Bertz CT molecular complexity index is 1200. The summed E-state index contributed by atoms with van der Waals surface area (Å²) in [5, 5.41) is 3.12. The molecule has 0 bridgehead atoms. The van der Waals surface area contributed by atoms with E-state index >= 15 is 0 Å². The van der Waals surface area contributed by atoms with Crippen LogP contribution in [0.2, 0.25) is 5.02 Å². The standard InChI is InChI=1S/C22H16ClF2N3O/c23-18-12-17(10-11-19(18)25)28-20(15-6-8-16(24)9-7-15)21(27-22(28)29)26-13-14-4-2-1-3-5-14/h1-12,26H,13H2,(H,27,29). The summed E-state index contributed by atoms with van der Waals surface area (Å²) in [7, 11) is 0. The molecule has 0 unspecified atom stereocenters. The van der Waals surface area contributed by atoms with Crippen LogP contribution in [0.5, 0.6) is 0 Å². The molecule has 0 amide bonds. The molecule has 0 saturated carbocycles. The zero-order valence-corrected chi connectivity index (χ0v) is 15.9. The molecule has 1 heterocycles. The lowest BCUT2D eigenvalue weighted by Crippen LogP contribution is -2.15. The number of aromatic amines is 1. The Morgan fingerprint density at radius 2 is 1.69 bits per heavy atom. The molecule has 7 heteroatoms. The molecule has 1 aromatic heterocycles. The van der Waals surface area contributed by atoms with Crippen molar-refractivity contribution < 1.29 is 8.78 Å². The highest BCUT2D eigenvalue weighted by atomic mass is 35.5. The second-order valence-corrected chi connectivity index (χ2v) is 6.84. The van der Waals surface area contributed by atoms with Crippen LogP contribution in [0.25, 0.3) is 16.9 Å². The highest BCUT2D eigenvalue weighted by Gasteiger charge is 2.18. The van der Waals surface area contributed by atoms with Crippen LogP contribution in [-0.2, 0) is 6.54 Å². The fourth-order valence-electron chi connectivity index (χ4n) is 3.10. The van der Waals surface area contributed by atoms with Crippen molar-refractivity contribution in [3.05, 3.63) is 106 Å². The van der Waals surface area contributed by atoms with Crippen LogP contribution in [0.4, 0.5) is 14.6 Å². The summed E-state index contributed by atoms with van der Waals surface area (Å²) in [4.78, 5) is 15.6. The second-order valence-electron chi connectivity index (χ2n) is 6.43. The lowest BCUT2D eigenvalue weighted by Gasteiger charge is -2.12. The zero-order valence-electron chi connectivity index (χ0n) is 15.1. The number of halogens is 3. The van der Waals surface area contributed by atoms with Crippen LogP contribution in [-0.4, -0.2) is 9.55 Å². The summed E-state index contributed by atoms with van der Waals surface area (Å²) in [5.41, 5.74) is 2.10. The van der Waals surface area contributed by atoms with E-state index in [4.69, 9.17) is 11.6 Å². The first-order valence-electron chi connectivity index (χ1n) is 8.87. The molecular weight excluding hydrogens is 396 g/mol. The van der Waals surface area contributed by atoms with E-state index in [2.05, 4.69) is 10.3 Å². The number of hydrogen-bond donors (Lipinski definition) is 2. The summed E-state index contributed by atoms with van der Waals surface area (Å²) < 4.78 is 28.4. The number of nitrogens with one attached hydrogen (secondary N) is 2. The molecule has 0 atom stereocenters. The van der Waals surface area contributed by atoms with Gasteiger partial charge in [-0.3, -0.25) is 9.55 Å². The van der Waals surface area contributed by atoms with Crippen LogP contribution in [0.1, 0.15) is 5.56 Å². The molecule has 0 aliphatic rings. The molecular formula is C22H16ClF2N3O. The average molecular weight is 412 g/mol. The number of aromatic nitrogens is 2. The molecule has 4 rings (SSSR count). The van der Waals surface area contributed by atoms with Gasteiger partial charge in [-0.15, -0.1) is 0 Å². The molecule has 29 heavy (non-hydrogen) atoms. The maximum Gasteiger partial charge on any atom is 0.332 e. The van der Waals surface area contributed by atoms with Crippen LogP contribution in [0.15, 0.2) is 77.6 Å². The number of imidazole rings is 1. The van der Waals surface area contributed by atoms with Gasteiger partial charge >= 0.3 is 5.69 Å². The van der Waals surface area contributed by atoms with Gasteiger partial charge in [0.05, 0.1) is 16.4 Å². The summed E-state index contributed by atoms with van der Waals surface area (Å²) >= 11 is 5.92. The van der Waals surface area contributed by atoms with Gasteiger partial charge in [-0.1, -0.05) is 41.9 Å². The number of nitrogens with zero attached hydrogens (tertiary/aromatic N) is 1. The Morgan fingerprint density at radius 1 is 0.966 bits per heavy atom. The van der Waals surface area contributed by atoms with Crippen molar-refractivity contribution in [1.29, 1.82) is 0 Å². The van der Waals surface area contributed by atoms with E-state index in [1.54, 1.807) is 12.1 Å². The van der Waals surface area contributed by atoms with E-state index in [0.717, 1.165) is 5.56 Å². The summed E-state index contributed by atoms with van der Waals surface area (Å²) in [5.74, 6) is -0.502. The topological polar surface area (TPSA) is 49.8 Å². The first-order valence-corrected chi connectivity index (χ1v) is 9.25. The van der Waals surface area contributed by atoms with Gasteiger partial charge in [0.1, 0.15) is 17.5 Å². The van der Waals surface area contributed by atoms with E-state index in [-0.39, 0.29) is 10.8 Å². The van der Waals surface area contributed by atoms with Crippen LogP contribution in [0.3, 0.4) is 0 Å². The SMILES string of the molecule is O=c1[nH]c(NCc2ccccc2)c(-c2ccc(F)cc2)n1-c1ccc(F)c(Cl)c1. The molecule has 3 aromatic carbocycles. The Balaban J connectivity index is 1.83. The van der Waals surface area contributed by atoms with E-state index in [9.17, 15) is 13.6 Å². The Morgan fingerprint density at radius 3 is 2.38 bits per heavy atom. The van der Waals surface area contributed by atoms with Crippen molar-refractivity contribution in [3.63, 3.8) is 0 Å². The minimum Gasteiger partial charge on any atom is -0.366 e. The van der Waals surface area contributed by atoms with Gasteiger partial charge in [0, 0.05) is 12.1 Å². The summed E-state index contributed by atoms with van der Waals surface area (Å²) in [6, 6.07) is 19.5. The zero-order chi connectivity index (χ0) is 20.4. The van der Waals surface area contributed by atoms with Crippen molar-refractivity contribution in [2.24, 2.45) is 0 Å². The van der Waals surface area contributed by atoms with Gasteiger partial charge in [-0.05, 0) is 48.0 Å². The summed E-state index contributed by atoms with van der Waals surface area (Å²) in [6.45, 7) is 0.471. The number of anilines is 1. The van der Waals surface area contributed by atoms with Gasteiger partial charge < -0.3 is 5.32 Å². The van der Waals surface area contributed by atoms with Crippen LogP contribution in [0, 0.1) is 11.6 Å². The van der Waals surface area contributed by atoms with Crippen LogP contribution < -0.4 is 11.0 Å². The maximum atomic E-state index is 13.6. The van der Waals surface area contributed by atoms with Gasteiger partial charge in [-0.25, -0.2) is 13.6 Å². The molecule has 0 spiro atoms. The van der Waals surface area contributed by atoms with Crippen molar-refractivity contribution in [2.75, 3.05) is 5.32 Å². The lowest BCUT2D eigenvalue weighted by molar-refractivity contribution is 0.627. The normalized spacial score (nSPS) is 10.9.